The van der Waals surface area contributed by atoms with Crippen LogP contribution in [0.25, 0.3) is 116 Å². The Morgan fingerprint density at radius 1 is 0.262 bits per heavy atom. The molecule has 2 aromatic heterocycles. The van der Waals surface area contributed by atoms with E-state index in [4.69, 9.17) is 4.98 Å². The van der Waals surface area contributed by atoms with Crippen LogP contribution in [0.4, 0.5) is 0 Å². The van der Waals surface area contributed by atoms with Gasteiger partial charge < -0.3 is 4.57 Å². The quantitative estimate of drug-likeness (QED) is 0.154. The first-order valence-corrected chi connectivity index (χ1v) is 21.0. The van der Waals surface area contributed by atoms with Crippen LogP contribution in [0, 0.1) is 0 Å². The maximum Gasteiger partial charge on any atom is 0.0715 e. The molecule has 10 aromatic carbocycles. The topological polar surface area (TPSA) is 17.8 Å². The normalized spacial score (nSPS) is 11.6. The van der Waals surface area contributed by atoms with Gasteiger partial charge >= 0.3 is 0 Å². The van der Waals surface area contributed by atoms with Gasteiger partial charge in [0.05, 0.1) is 22.4 Å². The van der Waals surface area contributed by atoms with Gasteiger partial charge in [-0.15, -0.1) is 0 Å². The Labute approximate surface area is 354 Å². The van der Waals surface area contributed by atoms with Crippen molar-refractivity contribution in [3.8, 4) is 61.6 Å². The zero-order valence-corrected chi connectivity index (χ0v) is 33.3. The Morgan fingerprint density at radius 3 is 1.48 bits per heavy atom. The summed E-state index contributed by atoms with van der Waals surface area (Å²) in [5.74, 6) is 0. The Bertz CT molecular complexity index is 3550. The summed E-state index contributed by atoms with van der Waals surface area (Å²) in [5, 5.41) is 9.93. The van der Waals surface area contributed by atoms with Gasteiger partial charge in [-0.3, -0.25) is 0 Å². The van der Waals surface area contributed by atoms with E-state index in [1.807, 2.05) is 0 Å². The predicted octanol–water partition coefficient (Wildman–Crippen LogP) is 16.0. The van der Waals surface area contributed by atoms with Crippen LogP contribution in [0.3, 0.4) is 0 Å². The van der Waals surface area contributed by atoms with Crippen LogP contribution in [-0.4, -0.2) is 9.55 Å². The Kier molecular flexibility index (Phi) is 8.21. The van der Waals surface area contributed by atoms with Crippen molar-refractivity contribution < 1.29 is 0 Å². The van der Waals surface area contributed by atoms with Gasteiger partial charge in [0, 0.05) is 27.6 Å². The molecule has 12 rings (SSSR count). The van der Waals surface area contributed by atoms with E-state index >= 15 is 0 Å². The molecule has 284 valence electrons. The number of rotatable bonds is 6. The molecule has 12 aromatic rings. The molecule has 0 amide bonds. The summed E-state index contributed by atoms with van der Waals surface area (Å²) in [6.45, 7) is 0. The maximum absolute atomic E-state index is 5.31. The summed E-state index contributed by atoms with van der Waals surface area (Å²) < 4.78 is 2.42. The molecule has 0 aliphatic heterocycles. The number of hydrogen-bond acceptors (Lipinski definition) is 1. The van der Waals surface area contributed by atoms with Gasteiger partial charge in [-0.1, -0.05) is 188 Å². The van der Waals surface area contributed by atoms with Crippen molar-refractivity contribution in [3.05, 3.63) is 231 Å². The number of pyridine rings is 1. The van der Waals surface area contributed by atoms with Gasteiger partial charge in [0.25, 0.3) is 0 Å². The first-order chi connectivity index (χ1) is 30.2. The van der Waals surface area contributed by atoms with Crippen molar-refractivity contribution in [2.24, 2.45) is 0 Å². The van der Waals surface area contributed by atoms with Gasteiger partial charge in [-0.2, -0.15) is 0 Å². The lowest BCUT2D eigenvalue weighted by Crippen LogP contribution is -1.94. The molecular formula is C59H38N2. The van der Waals surface area contributed by atoms with Crippen LogP contribution in [0.15, 0.2) is 231 Å². The van der Waals surface area contributed by atoms with Crippen molar-refractivity contribution in [1.29, 1.82) is 0 Å². The fourth-order valence-electron chi connectivity index (χ4n) is 9.49. The minimum absolute atomic E-state index is 0.953. The first-order valence-electron chi connectivity index (χ1n) is 21.0. The van der Waals surface area contributed by atoms with Gasteiger partial charge in [0.2, 0.25) is 0 Å². The van der Waals surface area contributed by atoms with Gasteiger partial charge in [-0.25, -0.2) is 4.98 Å². The van der Waals surface area contributed by atoms with Crippen LogP contribution in [0.1, 0.15) is 0 Å². The average molecular weight is 775 g/mol. The van der Waals surface area contributed by atoms with Crippen LogP contribution >= 0.6 is 0 Å². The van der Waals surface area contributed by atoms with E-state index in [0.717, 1.165) is 33.8 Å². The molecule has 0 saturated carbocycles. The average Bonchev–Trinajstić information content (AvgIpc) is 3.68. The molecule has 0 unspecified atom stereocenters. The van der Waals surface area contributed by atoms with Crippen LogP contribution < -0.4 is 0 Å². The van der Waals surface area contributed by atoms with Gasteiger partial charge in [0.1, 0.15) is 0 Å². The molecule has 0 radical (unpaired) electrons. The third kappa shape index (κ3) is 5.92. The molecule has 0 spiro atoms. The van der Waals surface area contributed by atoms with E-state index in [1.165, 1.54) is 81.9 Å². The minimum Gasteiger partial charge on any atom is -0.309 e. The maximum atomic E-state index is 5.31. The molecule has 2 heteroatoms. The second-order valence-corrected chi connectivity index (χ2v) is 15.9. The Hall–Kier alpha value is -8.07. The zero-order chi connectivity index (χ0) is 40.3. The third-order valence-corrected chi connectivity index (χ3v) is 12.4. The molecule has 0 aliphatic rings. The van der Waals surface area contributed by atoms with Crippen molar-refractivity contribution in [2.45, 2.75) is 0 Å². The number of para-hydroxylation sites is 1. The number of fused-ring (bicyclic) bond motifs is 9. The lowest BCUT2D eigenvalue weighted by atomic mass is 9.88. The van der Waals surface area contributed by atoms with E-state index in [9.17, 15) is 0 Å². The number of hydrogen-bond donors (Lipinski definition) is 0. The molecule has 0 aliphatic carbocycles. The number of nitrogens with zero attached hydrogens (tertiary/aromatic N) is 2. The van der Waals surface area contributed by atoms with E-state index < -0.39 is 0 Å². The smallest absolute Gasteiger partial charge is 0.0715 e. The monoisotopic (exact) mass is 774 g/mol. The molecule has 0 saturated heterocycles. The fourth-order valence-corrected chi connectivity index (χ4v) is 9.49. The summed E-state index contributed by atoms with van der Waals surface area (Å²) in [6, 6.07) is 83.5. The highest BCUT2D eigenvalue weighted by Gasteiger charge is 2.18. The van der Waals surface area contributed by atoms with Crippen molar-refractivity contribution in [2.75, 3.05) is 0 Å². The van der Waals surface area contributed by atoms with Crippen LogP contribution in [0.5, 0.6) is 0 Å². The van der Waals surface area contributed by atoms with E-state index in [2.05, 4.69) is 235 Å². The van der Waals surface area contributed by atoms with Crippen LogP contribution in [0.2, 0.25) is 0 Å². The molecule has 2 heterocycles. The number of benzene rings is 10. The molecule has 61 heavy (non-hydrogen) atoms. The predicted molar refractivity (Wildman–Crippen MR) is 258 cm³/mol. The lowest BCUT2D eigenvalue weighted by Gasteiger charge is -2.16. The molecule has 0 fully saturated rings. The lowest BCUT2D eigenvalue weighted by molar-refractivity contribution is 1.18. The van der Waals surface area contributed by atoms with Gasteiger partial charge in [0.15, 0.2) is 0 Å². The summed E-state index contributed by atoms with van der Waals surface area (Å²) in [6.07, 6.45) is 0. The van der Waals surface area contributed by atoms with E-state index in [-0.39, 0.29) is 0 Å². The van der Waals surface area contributed by atoms with Crippen molar-refractivity contribution >= 4 is 54.1 Å². The highest BCUT2D eigenvalue weighted by molar-refractivity contribution is 6.29. The third-order valence-electron chi connectivity index (χ3n) is 12.4. The highest BCUT2D eigenvalue weighted by Crippen LogP contribution is 2.43. The van der Waals surface area contributed by atoms with Crippen LogP contribution in [-0.2, 0) is 0 Å². The van der Waals surface area contributed by atoms with E-state index in [1.54, 1.807) is 0 Å². The van der Waals surface area contributed by atoms with E-state index in [0.29, 0.717) is 0 Å². The molecule has 2 nitrogen and oxygen atoms in total. The SMILES string of the molecule is c1ccc(-c2ccc(-n3c4ccccc4c4ccc(-c5cccc6c7ccccc7c7cc(-c8cc(-c9ccccc9)cc(-c9ccccc9)n8)ccc7c56)cc43)cc2)cc1. The Balaban J connectivity index is 1.06. The first kappa shape index (κ1) is 34.9. The summed E-state index contributed by atoms with van der Waals surface area (Å²) in [7, 11) is 0. The van der Waals surface area contributed by atoms with Gasteiger partial charge in [-0.05, 0) is 108 Å². The second kappa shape index (κ2) is 14.3. The van der Waals surface area contributed by atoms with Crippen molar-refractivity contribution in [3.63, 3.8) is 0 Å². The molecule has 0 atom stereocenters. The second-order valence-electron chi connectivity index (χ2n) is 15.9. The minimum atomic E-state index is 0.953. The Morgan fingerprint density at radius 2 is 0.754 bits per heavy atom. The summed E-state index contributed by atoms with van der Waals surface area (Å²) in [5.41, 5.74) is 14.8. The zero-order valence-electron chi connectivity index (χ0n) is 33.3. The van der Waals surface area contributed by atoms with Crippen molar-refractivity contribution in [1.82, 2.24) is 9.55 Å². The number of aromatic nitrogens is 2. The molecular weight excluding hydrogens is 737 g/mol. The molecule has 0 N–H and O–H groups in total. The standard InChI is InChI=1S/C59H38N2/c1-4-15-39(16-5-1)41-27-31-46(32-28-41)61-57-26-13-12-23-50(57)51-33-29-43(38-58(51)61)47-24-14-25-52-48-21-10-11-22-49(48)54-35-44(30-34-53(54)59(47)52)56-37-45(40-17-6-2-7-18-40)36-55(60-56)42-19-8-3-9-20-42/h1-38H. The largest absolute Gasteiger partial charge is 0.309 e. The summed E-state index contributed by atoms with van der Waals surface area (Å²) in [4.78, 5) is 5.31. The summed E-state index contributed by atoms with van der Waals surface area (Å²) >= 11 is 0. The fraction of sp³-hybridized carbons (Fsp3) is 0. The highest BCUT2D eigenvalue weighted by atomic mass is 15.0. The molecule has 0 bridgehead atoms.